The highest BCUT2D eigenvalue weighted by Crippen LogP contribution is 2.36. The van der Waals surface area contributed by atoms with Gasteiger partial charge in [0.25, 0.3) is 17.0 Å². The van der Waals surface area contributed by atoms with Crippen molar-refractivity contribution in [1.29, 1.82) is 0 Å². The molecule has 4 aromatic rings. The number of carbonyl (C=O) groups is 1. The fraction of sp³-hybridized carbons (Fsp3) is 0.250. The lowest BCUT2D eigenvalue weighted by atomic mass is 10.2. The molecular weight excluding hydrogens is 532 g/mol. The minimum atomic E-state index is -0.454. The summed E-state index contributed by atoms with van der Waals surface area (Å²) in [6.45, 7) is 6.39. The summed E-state index contributed by atoms with van der Waals surface area (Å²) in [5.41, 5.74) is 2.48. The number of thioether (sulfide) groups is 1. The van der Waals surface area contributed by atoms with Crippen LogP contribution in [-0.2, 0) is 11.8 Å². The van der Waals surface area contributed by atoms with Gasteiger partial charge in [0.1, 0.15) is 17.2 Å². The molecule has 39 heavy (non-hydrogen) atoms. The fourth-order valence-corrected chi connectivity index (χ4v) is 5.82. The number of anilines is 2. The molecule has 1 amide bonds. The van der Waals surface area contributed by atoms with Crippen molar-refractivity contribution in [3.63, 3.8) is 0 Å². The van der Waals surface area contributed by atoms with E-state index in [1.165, 1.54) is 20.1 Å². The van der Waals surface area contributed by atoms with E-state index in [1.54, 1.807) is 30.9 Å². The summed E-state index contributed by atoms with van der Waals surface area (Å²) in [6, 6.07) is 12.9. The van der Waals surface area contributed by atoms with Gasteiger partial charge in [0, 0.05) is 19.8 Å². The number of hydrogen-bond donors (Lipinski definition) is 1. The number of thiocarbonyl (C=S) groups is 1. The Hall–Kier alpha value is -3.96. The Morgan fingerprint density at radius 3 is 2.51 bits per heavy atom. The second-order valence-electron chi connectivity index (χ2n) is 9.27. The third-order valence-electron chi connectivity index (χ3n) is 6.72. The second kappa shape index (κ2) is 10.7. The van der Waals surface area contributed by atoms with Crippen LogP contribution < -0.4 is 21.3 Å². The maximum absolute atomic E-state index is 13.7. The van der Waals surface area contributed by atoms with E-state index in [2.05, 4.69) is 12.2 Å². The minimum Gasteiger partial charge on any atom is -0.369 e. The molecule has 1 N–H and O–H groups in total. The highest BCUT2D eigenvalue weighted by molar-refractivity contribution is 8.27. The third-order valence-corrected chi connectivity index (χ3v) is 8.03. The number of amides is 1. The summed E-state index contributed by atoms with van der Waals surface area (Å²) in [6.07, 6.45) is 5.07. The zero-order valence-corrected chi connectivity index (χ0v) is 23.7. The number of carbonyl (C=O) groups excluding carboxylic acids is 1. The van der Waals surface area contributed by atoms with Crippen molar-refractivity contribution < 1.29 is 4.79 Å². The topological polar surface area (TPSA) is 93.6 Å². The van der Waals surface area contributed by atoms with Gasteiger partial charge in [-0.2, -0.15) is 0 Å². The van der Waals surface area contributed by atoms with Gasteiger partial charge in [0.15, 0.2) is 4.32 Å². The Morgan fingerprint density at radius 2 is 1.79 bits per heavy atom. The molecule has 1 fully saturated rings. The zero-order valence-electron chi connectivity index (χ0n) is 22.1. The third kappa shape index (κ3) is 4.61. The SMILES string of the molecule is CCCCNc1nc2c(C)cccn2c(=O)c1/C=C1/SC(=S)N(c2c(C)n(C)n(-c3ccccc3)c2=O)C1=O. The monoisotopic (exact) mass is 560 g/mol. The molecule has 200 valence electrons. The summed E-state index contributed by atoms with van der Waals surface area (Å²) in [4.78, 5) is 47.1. The number of aromatic nitrogens is 4. The van der Waals surface area contributed by atoms with Crippen LogP contribution in [0.3, 0.4) is 0 Å². The van der Waals surface area contributed by atoms with Gasteiger partial charge in [-0.3, -0.25) is 28.4 Å². The van der Waals surface area contributed by atoms with Crippen LogP contribution in [0, 0.1) is 13.8 Å². The van der Waals surface area contributed by atoms with Gasteiger partial charge in [-0.1, -0.05) is 61.6 Å². The van der Waals surface area contributed by atoms with Crippen LogP contribution in [0.1, 0.15) is 36.6 Å². The van der Waals surface area contributed by atoms with Crippen molar-refractivity contribution in [1.82, 2.24) is 18.7 Å². The molecule has 9 nitrogen and oxygen atoms in total. The molecule has 0 spiro atoms. The van der Waals surface area contributed by atoms with Crippen molar-refractivity contribution in [3.8, 4) is 5.69 Å². The molecule has 1 saturated heterocycles. The molecule has 0 radical (unpaired) electrons. The number of benzene rings is 1. The molecule has 11 heteroatoms. The number of aryl methyl sites for hydroxylation is 1. The van der Waals surface area contributed by atoms with Crippen LogP contribution in [0.25, 0.3) is 17.4 Å². The predicted octanol–water partition coefficient (Wildman–Crippen LogP) is 4.42. The summed E-state index contributed by atoms with van der Waals surface area (Å²) in [5, 5.41) is 3.27. The molecule has 0 unspecified atom stereocenters. The number of hydrogen-bond acceptors (Lipinski definition) is 7. The number of fused-ring (bicyclic) bond motifs is 1. The fourth-order valence-electron chi connectivity index (χ4n) is 4.56. The molecule has 1 aromatic carbocycles. The van der Waals surface area contributed by atoms with Gasteiger partial charge in [0.2, 0.25) is 0 Å². The van der Waals surface area contributed by atoms with Crippen molar-refractivity contribution in [2.75, 3.05) is 16.8 Å². The largest absolute Gasteiger partial charge is 0.369 e. The summed E-state index contributed by atoms with van der Waals surface area (Å²) in [5.74, 6) is -0.0420. The highest BCUT2D eigenvalue weighted by Gasteiger charge is 2.38. The van der Waals surface area contributed by atoms with E-state index in [0.29, 0.717) is 29.4 Å². The molecule has 3 aromatic heterocycles. The molecule has 4 heterocycles. The molecule has 0 aliphatic carbocycles. The smallest absolute Gasteiger partial charge is 0.296 e. The average Bonchev–Trinajstić information content (AvgIpc) is 3.31. The van der Waals surface area contributed by atoms with E-state index in [9.17, 15) is 14.4 Å². The van der Waals surface area contributed by atoms with E-state index < -0.39 is 5.91 Å². The summed E-state index contributed by atoms with van der Waals surface area (Å²) < 4.78 is 4.91. The van der Waals surface area contributed by atoms with Crippen molar-refractivity contribution in [2.24, 2.45) is 7.05 Å². The van der Waals surface area contributed by atoms with Crippen molar-refractivity contribution >= 4 is 57.4 Å². The highest BCUT2D eigenvalue weighted by atomic mass is 32.2. The Balaban J connectivity index is 1.61. The predicted molar refractivity (Wildman–Crippen MR) is 161 cm³/mol. The van der Waals surface area contributed by atoms with Gasteiger partial charge < -0.3 is 5.32 Å². The number of nitrogens with one attached hydrogen (secondary N) is 1. The Morgan fingerprint density at radius 1 is 1.05 bits per heavy atom. The number of pyridine rings is 1. The van der Waals surface area contributed by atoms with Crippen LogP contribution in [0.4, 0.5) is 11.5 Å². The van der Waals surface area contributed by atoms with Gasteiger partial charge in [-0.25, -0.2) is 9.67 Å². The first kappa shape index (κ1) is 26.6. The van der Waals surface area contributed by atoms with Crippen molar-refractivity contribution in [3.05, 3.63) is 91.1 Å². The first-order valence-corrected chi connectivity index (χ1v) is 13.8. The van der Waals surface area contributed by atoms with Gasteiger partial charge in [0.05, 0.1) is 21.8 Å². The van der Waals surface area contributed by atoms with Crippen LogP contribution in [0.2, 0.25) is 0 Å². The number of rotatable bonds is 7. The van der Waals surface area contributed by atoms with Gasteiger partial charge in [-0.15, -0.1) is 0 Å². The van der Waals surface area contributed by atoms with E-state index in [1.807, 2.05) is 43.3 Å². The molecular formula is C28H28N6O3S2. The van der Waals surface area contributed by atoms with Gasteiger partial charge >= 0.3 is 0 Å². The quantitative estimate of drug-likeness (QED) is 0.203. The first-order valence-electron chi connectivity index (χ1n) is 12.6. The molecule has 5 rings (SSSR count). The van der Waals surface area contributed by atoms with Crippen molar-refractivity contribution in [2.45, 2.75) is 33.6 Å². The lowest BCUT2D eigenvalue weighted by molar-refractivity contribution is -0.113. The zero-order chi connectivity index (χ0) is 27.8. The second-order valence-corrected chi connectivity index (χ2v) is 10.9. The van der Waals surface area contributed by atoms with E-state index in [0.717, 1.165) is 30.2 Å². The average molecular weight is 561 g/mol. The maximum atomic E-state index is 13.7. The van der Waals surface area contributed by atoms with Crippen LogP contribution in [0.15, 0.2) is 63.2 Å². The molecule has 0 atom stereocenters. The number of unbranched alkanes of at least 4 members (excludes halogenated alkanes) is 1. The van der Waals surface area contributed by atoms with Crippen LogP contribution in [0.5, 0.6) is 0 Å². The molecule has 0 saturated carbocycles. The molecule has 0 bridgehead atoms. The Labute approximate surface area is 234 Å². The van der Waals surface area contributed by atoms with E-state index in [4.69, 9.17) is 17.2 Å². The maximum Gasteiger partial charge on any atom is 0.296 e. The Bertz CT molecular complexity index is 1770. The summed E-state index contributed by atoms with van der Waals surface area (Å²) in [7, 11) is 1.76. The standard InChI is InChI=1S/C28H28N6O3S2/c1-5-6-14-29-23-20(25(35)32-15-10-11-17(2)24(32)30-23)16-21-26(36)33(28(38)39-21)22-18(3)31(4)34(27(22)37)19-12-8-7-9-13-19/h7-13,15-16,29H,5-6,14H2,1-4H3/b21-16+. The molecule has 1 aliphatic heterocycles. The van der Waals surface area contributed by atoms with E-state index >= 15 is 0 Å². The lowest BCUT2D eigenvalue weighted by Crippen LogP contribution is -2.33. The van der Waals surface area contributed by atoms with Crippen LogP contribution in [-0.4, -0.2) is 35.5 Å². The number of para-hydroxylation sites is 1. The number of nitrogens with zero attached hydrogens (tertiary/aromatic N) is 5. The minimum absolute atomic E-state index is 0.192. The molecule has 1 aliphatic rings. The first-order chi connectivity index (χ1) is 18.7. The summed E-state index contributed by atoms with van der Waals surface area (Å²) >= 11 is 6.64. The Kier molecular flexibility index (Phi) is 7.28. The van der Waals surface area contributed by atoms with E-state index in [-0.39, 0.29) is 31.6 Å². The van der Waals surface area contributed by atoms with Gasteiger partial charge in [-0.05, 0) is 50.1 Å². The van der Waals surface area contributed by atoms with Crippen LogP contribution >= 0.6 is 24.0 Å². The lowest BCUT2D eigenvalue weighted by Gasteiger charge is -2.13. The normalized spacial score (nSPS) is 14.7.